The van der Waals surface area contributed by atoms with Crippen molar-refractivity contribution in [2.75, 3.05) is 13.2 Å². The van der Waals surface area contributed by atoms with Crippen molar-refractivity contribution >= 4 is 41.1 Å². The summed E-state index contributed by atoms with van der Waals surface area (Å²) in [5.74, 6) is 0.196. The van der Waals surface area contributed by atoms with Crippen LogP contribution in [0.2, 0.25) is 40.3 Å². The fourth-order valence-corrected chi connectivity index (χ4v) is 19.4. The first kappa shape index (κ1) is 35.5. The topological polar surface area (TPSA) is 54.0 Å². The van der Waals surface area contributed by atoms with Crippen molar-refractivity contribution in [2.45, 2.75) is 134 Å². The highest BCUT2D eigenvalue weighted by Gasteiger charge is 2.62. The number of carbonyl (C=O) groups is 1. The maximum absolute atomic E-state index is 14.5. The minimum absolute atomic E-state index is 0.0250. The molecule has 0 saturated carbocycles. The van der Waals surface area contributed by atoms with Crippen LogP contribution in [0, 0.1) is 0 Å². The van der Waals surface area contributed by atoms with E-state index >= 15 is 0 Å². The Kier molecular flexibility index (Phi) is 10.2. The van der Waals surface area contributed by atoms with Crippen LogP contribution in [-0.2, 0) is 22.8 Å². The van der Waals surface area contributed by atoms with Gasteiger partial charge in [0.15, 0.2) is 5.78 Å². The average Bonchev–Trinajstić information content (AvgIpc) is 2.90. The zero-order chi connectivity index (χ0) is 32.8. The van der Waals surface area contributed by atoms with Crippen LogP contribution >= 0.6 is 0 Å². The standard InChI is InChI=1S/C36H58O5Si3/c1-34(2,3)43(27-19-15-13-16-20-27,28-21-17-14-18-22-28)38-26-31-33(37)32(42(10,11)12)24-23-29-30(40-31)25-39-44(41-29,35(4,5)6)36(7,8)9/h13-22,29-32H,23-26H2,1-12H3/t29-,30+,31-,32?/m0/s1. The summed E-state index contributed by atoms with van der Waals surface area (Å²) < 4.78 is 28.2. The predicted octanol–water partition coefficient (Wildman–Crippen LogP) is 7.85. The van der Waals surface area contributed by atoms with Crippen molar-refractivity contribution in [3.63, 3.8) is 0 Å². The van der Waals surface area contributed by atoms with Crippen LogP contribution in [-0.4, -0.2) is 62.3 Å². The first-order valence-corrected chi connectivity index (χ1v) is 23.8. The Balaban J connectivity index is 1.75. The first-order valence-electron chi connectivity index (χ1n) is 16.5. The fourth-order valence-electron chi connectivity index (χ4n) is 7.83. The van der Waals surface area contributed by atoms with Crippen molar-refractivity contribution < 1.29 is 22.8 Å². The maximum Gasteiger partial charge on any atom is 0.349 e. The van der Waals surface area contributed by atoms with Crippen LogP contribution < -0.4 is 10.4 Å². The molecule has 1 unspecified atom stereocenters. The number of carbonyl (C=O) groups excluding carboxylic acids is 1. The Morgan fingerprint density at radius 1 is 0.773 bits per heavy atom. The molecule has 0 amide bonds. The minimum Gasteiger partial charge on any atom is -0.404 e. The summed E-state index contributed by atoms with van der Waals surface area (Å²) in [4.78, 5) is 14.5. The molecule has 0 aliphatic carbocycles. The molecule has 8 heteroatoms. The van der Waals surface area contributed by atoms with Gasteiger partial charge in [0, 0.05) is 15.6 Å². The summed E-state index contributed by atoms with van der Waals surface area (Å²) in [5.41, 5.74) is -0.0250. The number of hydrogen-bond donors (Lipinski definition) is 0. The summed E-state index contributed by atoms with van der Waals surface area (Å²) in [6.07, 6.45) is 0.563. The van der Waals surface area contributed by atoms with E-state index in [9.17, 15) is 4.79 Å². The van der Waals surface area contributed by atoms with Gasteiger partial charge in [-0.1, -0.05) is 143 Å². The summed E-state index contributed by atoms with van der Waals surface area (Å²) in [5, 5.41) is 1.98. The molecular formula is C36H58O5Si3. The molecule has 0 spiro atoms. The Bertz CT molecular complexity index is 1200. The summed E-state index contributed by atoms with van der Waals surface area (Å²) in [7, 11) is -7.40. The monoisotopic (exact) mass is 654 g/mol. The normalized spacial score (nSPS) is 25.6. The highest BCUT2D eigenvalue weighted by atomic mass is 28.4. The van der Waals surface area contributed by atoms with Gasteiger partial charge in [-0.3, -0.25) is 4.79 Å². The van der Waals surface area contributed by atoms with E-state index in [1.165, 1.54) is 10.4 Å². The molecule has 4 atom stereocenters. The molecule has 2 fully saturated rings. The minimum atomic E-state index is -2.85. The van der Waals surface area contributed by atoms with E-state index in [1.807, 2.05) is 0 Å². The number of ether oxygens (including phenoxy) is 1. The molecule has 0 bridgehead atoms. The van der Waals surface area contributed by atoms with Crippen molar-refractivity contribution in [1.29, 1.82) is 0 Å². The molecule has 0 N–H and O–H groups in total. The second-order valence-electron chi connectivity index (χ2n) is 17.1. The quantitative estimate of drug-likeness (QED) is 0.297. The highest BCUT2D eigenvalue weighted by Crippen LogP contribution is 2.55. The van der Waals surface area contributed by atoms with Crippen molar-refractivity contribution in [2.24, 2.45) is 0 Å². The second-order valence-corrected chi connectivity index (χ2v) is 31.6. The summed E-state index contributed by atoms with van der Waals surface area (Å²) in [6.45, 7) is 27.9. The smallest absolute Gasteiger partial charge is 0.349 e. The van der Waals surface area contributed by atoms with E-state index in [4.69, 9.17) is 18.0 Å². The van der Waals surface area contributed by atoms with E-state index in [1.54, 1.807) is 0 Å². The Morgan fingerprint density at radius 2 is 1.27 bits per heavy atom. The van der Waals surface area contributed by atoms with Crippen molar-refractivity contribution in [1.82, 2.24) is 0 Å². The van der Waals surface area contributed by atoms with Gasteiger partial charge >= 0.3 is 8.56 Å². The largest absolute Gasteiger partial charge is 0.404 e. The molecule has 0 aromatic heterocycles. The van der Waals surface area contributed by atoms with Crippen LogP contribution in [0.25, 0.3) is 0 Å². The van der Waals surface area contributed by atoms with Gasteiger partial charge in [-0.15, -0.1) is 0 Å². The van der Waals surface area contributed by atoms with Gasteiger partial charge in [-0.2, -0.15) is 0 Å². The molecule has 2 saturated heterocycles. The van der Waals surface area contributed by atoms with E-state index in [0.717, 1.165) is 12.8 Å². The van der Waals surface area contributed by atoms with Gasteiger partial charge in [0.1, 0.15) is 12.2 Å². The zero-order valence-corrected chi connectivity index (χ0v) is 32.5. The number of Topliss-reactive ketones (excluding diaryl/α,β-unsaturated/α-hetero) is 1. The molecule has 2 aliphatic rings. The number of ketones is 1. The predicted molar refractivity (Wildman–Crippen MR) is 190 cm³/mol. The van der Waals surface area contributed by atoms with Gasteiger partial charge in [0.25, 0.3) is 8.32 Å². The Hall–Kier alpha value is -1.40. The molecule has 2 heterocycles. The number of benzene rings is 2. The van der Waals surface area contributed by atoms with Gasteiger partial charge in [-0.25, -0.2) is 0 Å². The van der Waals surface area contributed by atoms with Gasteiger partial charge in [-0.05, 0) is 28.3 Å². The fraction of sp³-hybridized carbons (Fsp3) is 0.639. The van der Waals surface area contributed by atoms with Gasteiger partial charge in [0.2, 0.25) is 0 Å². The van der Waals surface area contributed by atoms with Gasteiger partial charge in [0.05, 0.1) is 27.4 Å². The third kappa shape index (κ3) is 6.68. The van der Waals surface area contributed by atoms with Crippen LogP contribution in [0.4, 0.5) is 0 Å². The number of fused-ring (bicyclic) bond motifs is 1. The third-order valence-electron chi connectivity index (χ3n) is 9.81. The molecule has 4 rings (SSSR count). The lowest BCUT2D eigenvalue weighted by molar-refractivity contribution is -0.163. The lowest BCUT2D eigenvalue weighted by Crippen LogP contribution is -2.68. The molecule has 0 radical (unpaired) electrons. The van der Waals surface area contributed by atoms with Crippen LogP contribution in [0.5, 0.6) is 0 Å². The van der Waals surface area contributed by atoms with E-state index in [0.29, 0.717) is 6.61 Å². The van der Waals surface area contributed by atoms with Crippen molar-refractivity contribution in [3.05, 3.63) is 60.7 Å². The first-order chi connectivity index (χ1) is 20.2. The highest BCUT2D eigenvalue weighted by molar-refractivity contribution is 6.99. The van der Waals surface area contributed by atoms with E-state index in [-0.39, 0.29) is 45.3 Å². The number of hydrogen-bond acceptors (Lipinski definition) is 5. The maximum atomic E-state index is 14.5. The van der Waals surface area contributed by atoms with Crippen LogP contribution in [0.1, 0.15) is 75.2 Å². The molecular weight excluding hydrogens is 597 g/mol. The molecule has 244 valence electrons. The lowest BCUT2D eigenvalue weighted by Gasteiger charge is -2.55. The molecule has 2 aromatic rings. The average molecular weight is 655 g/mol. The lowest BCUT2D eigenvalue weighted by atomic mass is 10.00. The van der Waals surface area contributed by atoms with E-state index in [2.05, 4.69) is 143 Å². The Morgan fingerprint density at radius 3 is 1.70 bits per heavy atom. The summed E-state index contributed by atoms with van der Waals surface area (Å²) >= 11 is 0. The summed E-state index contributed by atoms with van der Waals surface area (Å²) in [6, 6.07) is 21.2. The Labute approximate surface area is 270 Å². The molecule has 5 nitrogen and oxygen atoms in total. The van der Waals surface area contributed by atoms with E-state index < -0.39 is 31.1 Å². The molecule has 2 aliphatic heterocycles. The second kappa shape index (κ2) is 12.7. The SMILES string of the molecule is CC(C)(C)[Si](OC[C@@H]1O[C@@H]2CO[Si](C(C)(C)C)(C(C)(C)C)O[C@H]2CCC([Si](C)(C)C)C1=O)(c1ccccc1)c1ccccc1. The number of rotatable bonds is 6. The van der Waals surface area contributed by atoms with Crippen LogP contribution in [0.3, 0.4) is 0 Å². The molecule has 2 aromatic carbocycles. The van der Waals surface area contributed by atoms with Crippen molar-refractivity contribution in [3.8, 4) is 0 Å². The van der Waals surface area contributed by atoms with Crippen LogP contribution in [0.15, 0.2) is 60.7 Å². The zero-order valence-electron chi connectivity index (χ0n) is 29.5. The molecule has 44 heavy (non-hydrogen) atoms. The third-order valence-corrected chi connectivity index (χ3v) is 22.6. The van der Waals surface area contributed by atoms with Gasteiger partial charge < -0.3 is 18.0 Å².